The van der Waals surface area contributed by atoms with Gasteiger partial charge in [-0.1, -0.05) is 11.2 Å². The molecule has 21 heavy (non-hydrogen) atoms. The molecule has 0 amide bonds. The van der Waals surface area contributed by atoms with Crippen LogP contribution in [0.2, 0.25) is 0 Å². The zero-order valence-electron chi connectivity index (χ0n) is 11.2. The van der Waals surface area contributed by atoms with Crippen molar-refractivity contribution in [2.45, 2.75) is 12.8 Å². The van der Waals surface area contributed by atoms with Crippen LogP contribution in [0.25, 0.3) is 10.1 Å². The van der Waals surface area contributed by atoms with E-state index >= 15 is 0 Å². The highest BCUT2D eigenvalue weighted by molar-refractivity contribution is 7.17. The van der Waals surface area contributed by atoms with Crippen molar-refractivity contribution in [3.63, 3.8) is 0 Å². The van der Waals surface area contributed by atoms with Gasteiger partial charge in [0, 0.05) is 34.4 Å². The number of fused-ring (bicyclic) bond motifs is 2. The van der Waals surface area contributed by atoms with Crippen LogP contribution < -0.4 is 5.32 Å². The van der Waals surface area contributed by atoms with Gasteiger partial charge in [0.1, 0.15) is 0 Å². The van der Waals surface area contributed by atoms with Crippen molar-refractivity contribution in [3.8, 4) is 0 Å². The van der Waals surface area contributed by atoms with Crippen LogP contribution in [0.1, 0.15) is 17.5 Å². The van der Waals surface area contributed by atoms with Gasteiger partial charge >= 0.3 is 0 Å². The van der Waals surface area contributed by atoms with Crippen LogP contribution in [0.3, 0.4) is 0 Å². The van der Waals surface area contributed by atoms with E-state index in [1.165, 1.54) is 15.6 Å². The highest BCUT2D eigenvalue weighted by Crippen LogP contribution is 2.33. The number of pyridine rings is 1. The highest BCUT2D eigenvalue weighted by Gasteiger charge is 2.18. The Labute approximate surface area is 125 Å². The molecule has 0 bridgehead atoms. The fourth-order valence-corrected chi connectivity index (χ4v) is 3.64. The van der Waals surface area contributed by atoms with E-state index in [0.29, 0.717) is 0 Å². The number of benzene rings is 1. The monoisotopic (exact) mass is 295 g/mol. The third-order valence-electron chi connectivity index (χ3n) is 3.83. The molecule has 0 fully saturated rings. The molecule has 4 rings (SSSR count). The minimum absolute atomic E-state index is 0.781. The van der Waals surface area contributed by atoms with Crippen molar-refractivity contribution in [3.05, 3.63) is 53.2 Å². The Morgan fingerprint density at radius 3 is 3.10 bits per heavy atom. The Hall–Kier alpha value is -2.40. The average Bonchev–Trinajstić information content (AvgIpc) is 3.11. The van der Waals surface area contributed by atoms with E-state index in [0.717, 1.165) is 35.5 Å². The molecule has 1 aliphatic carbocycles. The number of oxime groups is 1. The number of aromatic nitrogens is 1. The lowest BCUT2D eigenvalue weighted by molar-refractivity contribution is 0.318. The molecule has 2 N–H and O–H groups in total. The molecular weight excluding hydrogens is 282 g/mol. The second-order valence-corrected chi connectivity index (χ2v) is 5.98. The number of nitrogens with one attached hydrogen (secondary N) is 1. The summed E-state index contributed by atoms with van der Waals surface area (Å²) in [5, 5.41) is 19.1. The normalized spacial score (nSPS) is 15.5. The summed E-state index contributed by atoms with van der Waals surface area (Å²) in [7, 11) is 0. The summed E-state index contributed by atoms with van der Waals surface area (Å²) in [5.74, 6) is 0. The Bertz CT molecular complexity index is 854. The minimum atomic E-state index is 0.781. The molecule has 104 valence electrons. The lowest BCUT2D eigenvalue weighted by Gasteiger charge is -2.07. The fraction of sp³-hybridized carbons (Fsp3) is 0.125. The minimum Gasteiger partial charge on any atom is -0.411 e. The number of hydrogen-bond acceptors (Lipinski definition) is 5. The van der Waals surface area contributed by atoms with E-state index < -0.39 is 0 Å². The molecule has 4 nitrogen and oxygen atoms in total. The first kappa shape index (κ1) is 12.3. The van der Waals surface area contributed by atoms with Gasteiger partial charge in [0.25, 0.3) is 0 Å². The molecule has 0 radical (unpaired) electrons. The van der Waals surface area contributed by atoms with Crippen molar-refractivity contribution >= 4 is 38.5 Å². The maximum atomic E-state index is 8.98. The molecular formula is C16H13N3OS. The van der Waals surface area contributed by atoms with Crippen molar-refractivity contribution in [1.82, 2.24) is 4.98 Å². The second kappa shape index (κ2) is 4.86. The predicted octanol–water partition coefficient (Wildman–Crippen LogP) is 4.16. The van der Waals surface area contributed by atoms with Crippen LogP contribution in [0.15, 0.2) is 47.2 Å². The average molecular weight is 295 g/mol. The molecule has 2 heterocycles. The quantitative estimate of drug-likeness (QED) is 0.551. The van der Waals surface area contributed by atoms with Gasteiger partial charge in [-0.3, -0.25) is 4.98 Å². The van der Waals surface area contributed by atoms with E-state index in [-0.39, 0.29) is 0 Å². The van der Waals surface area contributed by atoms with Gasteiger partial charge in [-0.15, -0.1) is 11.3 Å². The number of aryl methyl sites for hydroxylation is 1. The molecule has 0 saturated carbocycles. The highest BCUT2D eigenvalue weighted by atomic mass is 32.1. The SMILES string of the molecule is ON=C1CCc2cc(Nc3csc4cnccc34)ccc21. The maximum Gasteiger partial charge on any atom is 0.0873 e. The molecule has 3 aromatic rings. The van der Waals surface area contributed by atoms with Crippen LogP contribution in [0.4, 0.5) is 11.4 Å². The number of rotatable bonds is 2. The molecule has 0 aliphatic heterocycles. The largest absolute Gasteiger partial charge is 0.411 e. The first-order valence-electron chi connectivity index (χ1n) is 6.77. The number of anilines is 2. The van der Waals surface area contributed by atoms with E-state index in [4.69, 9.17) is 5.21 Å². The van der Waals surface area contributed by atoms with Gasteiger partial charge in [0.05, 0.1) is 16.1 Å². The van der Waals surface area contributed by atoms with Gasteiger partial charge in [-0.2, -0.15) is 0 Å². The zero-order valence-corrected chi connectivity index (χ0v) is 12.0. The lowest BCUT2D eigenvalue weighted by atomic mass is 10.1. The Morgan fingerprint density at radius 1 is 1.24 bits per heavy atom. The standard InChI is InChI=1S/C16H13N3OS/c20-19-14-4-1-10-7-11(2-3-12(10)14)18-15-9-21-16-8-17-6-5-13(15)16/h2-3,5-9,18,20H,1,4H2. The molecule has 0 unspecified atom stereocenters. The van der Waals surface area contributed by atoms with Crippen LogP contribution in [0, 0.1) is 0 Å². The van der Waals surface area contributed by atoms with E-state index in [1.807, 2.05) is 30.6 Å². The Balaban J connectivity index is 1.69. The topological polar surface area (TPSA) is 57.5 Å². The van der Waals surface area contributed by atoms with Gasteiger partial charge in [-0.25, -0.2) is 0 Å². The molecule has 0 saturated heterocycles. The third kappa shape index (κ3) is 2.06. The summed E-state index contributed by atoms with van der Waals surface area (Å²) in [4.78, 5) is 4.14. The molecule has 5 heteroatoms. The summed E-state index contributed by atoms with van der Waals surface area (Å²) < 4.78 is 1.18. The van der Waals surface area contributed by atoms with E-state index in [9.17, 15) is 0 Å². The Kier molecular flexibility index (Phi) is 2.86. The van der Waals surface area contributed by atoms with E-state index in [1.54, 1.807) is 11.3 Å². The second-order valence-electron chi connectivity index (χ2n) is 5.06. The van der Waals surface area contributed by atoms with Crippen molar-refractivity contribution in [2.75, 3.05) is 5.32 Å². The molecule has 0 atom stereocenters. The molecule has 1 aromatic carbocycles. The summed E-state index contributed by atoms with van der Waals surface area (Å²) in [6.07, 6.45) is 5.44. The first-order valence-corrected chi connectivity index (χ1v) is 7.65. The van der Waals surface area contributed by atoms with Crippen molar-refractivity contribution in [1.29, 1.82) is 0 Å². The zero-order chi connectivity index (χ0) is 14.2. The molecule has 0 spiro atoms. The van der Waals surface area contributed by atoms with Crippen LogP contribution >= 0.6 is 11.3 Å². The van der Waals surface area contributed by atoms with Crippen LogP contribution in [-0.2, 0) is 6.42 Å². The number of nitrogens with zero attached hydrogens (tertiary/aromatic N) is 2. The molecule has 2 aromatic heterocycles. The van der Waals surface area contributed by atoms with E-state index in [2.05, 4.69) is 26.9 Å². The van der Waals surface area contributed by atoms with Gasteiger partial charge < -0.3 is 10.5 Å². The van der Waals surface area contributed by atoms with Gasteiger partial charge in [0.15, 0.2) is 0 Å². The van der Waals surface area contributed by atoms with Crippen molar-refractivity contribution < 1.29 is 5.21 Å². The molecule has 1 aliphatic rings. The lowest BCUT2D eigenvalue weighted by Crippen LogP contribution is -1.95. The first-order chi connectivity index (χ1) is 10.3. The summed E-state index contributed by atoms with van der Waals surface area (Å²) in [6, 6.07) is 8.21. The Morgan fingerprint density at radius 2 is 2.19 bits per heavy atom. The summed E-state index contributed by atoms with van der Waals surface area (Å²) in [6.45, 7) is 0. The fourth-order valence-electron chi connectivity index (χ4n) is 2.79. The summed E-state index contributed by atoms with van der Waals surface area (Å²) >= 11 is 1.69. The number of hydrogen-bond donors (Lipinski definition) is 2. The third-order valence-corrected chi connectivity index (χ3v) is 4.76. The number of thiophene rings is 1. The van der Waals surface area contributed by atoms with Gasteiger partial charge in [0.2, 0.25) is 0 Å². The maximum absolute atomic E-state index is 8.98. The van der Waals surface area contributed by atoms with Crippen LogP contribution in [0.5, 0.6) is 0 Å². The van der Waals surface area contributed by atoms with Gasteiger partial charge in [-0.05, 0) is 36.6 Å². The summed E-state index contributed by atoms with van der Waals surface area (Å²) in [5.41, 5.74) is 5.23. The van der Waals surface area contributed by atoms with Crippen molar-refractivity contribution in [2.24, 2.45) is 5.16 Å². The smallest absolute Gasteiger partial charge is 0.0873 e. The van der Waals surface area contributed by atoms with Crippen LogP contribution in [-0.4, -0.2) is 15.9 Å². The predicted molar refractivity (Wildman–Crippen MR) is 86.0 cm³/mol.